The van der Waals surface area contributed by atoms with Gasteiger partial charge in [-0.05, 0) is 12.8 Å². The predicted molar refractivity (Wildman–Crippen MR) is 69.6 cm³/mol. The van der Waals surface area contributed by atoms with E-state index in [9.17, 15) is 0 Å². The van der Waals surface area contributed by atoms with Gasteiger partial charge in [-0.15, -0.1) is 0 Å². The Labute approximate surface area is 109 Å². The Kier molecular flexibility index (Phi) is 4.59. The lowest BCUT2D eigenvalue weighted by molar-refractivity contribution is 0.286. The Morgan fingerprint density at radius 1 is 1.21 bits per heavy atom. The van der Waals surface area contributed by atoms with Crippen LogP contribution in [0.5, 0.6) is 0 Å². The number of hydrogen-bond donors (Lipinski definition) is 4. The number of hydrogen-bond acceptors (Lipinski definition) is 8. The van der Waals surface area contributed by atoms with Gasteiger partial charge in [0.1, 0.15) is 6.33 Å². The molecule has 9 heteroatoms. The molecule has 0 aliphatic heterocycles. The van der Waals surface area contributed by atoms with Gasteiger partial charge in [-0.1, -0.05) is 0 Å². The highest BCUT2D eigenvalue weighted by Crippen LogP contribution is 2.08. The summed E-state index contributed by atoms with van der Waals surface area (Å²) in [6.45, 7) is 0.840. The topological polar surface area (TPSA) is 127 Å². The van der Waals surface area contributed by atoms with Gasteiger partial charge in [0.2, 0.25) is 17.8 Å². The molecule has 5 N–H and O–H groups in total. The molecule has 2 aromatic heterocycles. The number of aromatic nitrogens is 5. The van der Waals surface area contributed by atoms with Crippen molar-refractivity contribution in [2.75, 3.05) is 23.9 Å². The minimum Gasteiger partial charge on any atom is -0.396 e. The van der Waals surface area contributed by atoms with Crippen LogP contribution in [0.3, 0.4) is 0 Å². The Hall–Kier alpha value is -2.26. The largest absolute Gasteiger partial charge is 0.396 e. The highest BCUT2D eigenvalue weighted by molar-refractivity contribution is 5.37. The van der Waals surface area contributed by atoms with Crippen molar-refractivity contribution in [3.8, 4) is 5.95 Å². The van der Waals surface area contributed by atoms with Gasteiger partial charge in [0, 0.05) is 25.5 Å². The summed E-state index contributed by atoms with van der Waals surface area (Å²) in [4.78, 5) is 16.4. The van der Waals surface area contributed by atoms with E-state index in [0.717, 1.165) is 12.8 Å². The van der Waals surface area contributed by atoms with Crippen molar-refractivity contribution >= 4 is 11.9 Å². The van der Waals surface area contributed by atoms with Gasteiger partial charge in [-0.3, -0.25) is 9.99 Å². The number of aliphatic hydroxyl groups is 1. The number of nitrogens with one attached hydrogen (secondary N) is 2. The highest BCUT2D eigenvalue weighted by Gasteiger charge is 2.06. The third-order valence-electron chi connectivity index (χ3n) is 2.36. The molecule has 0 saturated carbocycles. The van der Waals surface area contributed by atoms with E-state index in [1.165, 1.54) is 0 Å². The van der Waals surface area contributed by atoms with E-state index in [-0.39, 0.29) is 12.6 Å². The maximum Gasteiger partial charge on any atom is 0.243 e. The molecule has 2 aromatic rings. The Balaban J connectivity index is 2.12. The van der Waals surface area contributed by atoms with Crippen LogP contribution in [0, 0.1) is 0 Å². The van der Waals surface area contributed by atoms with Crippen molar-refractivity contribution in [1.29, 1.82) is 0 Å². The summed E-state index contributed by atoms with van der Waals surface area (Å²) in [5.41, 5.74) is 2.40. The molecule has 0 spiro atoms. The number of imidazole rings is 1. The molecule has 0 aliphatic carbocycles. The van der Waals surface area contributed by atoms with Crippen LogP contribution >= 0.6 is 0 Å². The smallest absolute Gasteiger partial charge is 0.243 e. The molecule has 0 radical (unpaired) electrons. The Bertz CT molecular complexity index is 500. The van der Waals surface area contributed by atoms with E-state index < -0.39 is 0 Å². The lowest BCUT2D eigenvalue weighted by Gasteiger charge is -2.08. The molecule has 0 bridgehead atoms. The van der Waals surface area contributed by atoms with E-state index in [4.69, 9.17) is 10.9 Å². The Morgan fingerprint density at radius 3 is 2.74 bits per heavy atom. The molecule has 0 aliphatic rings. The minimum atomic E-state index is 0.175. The number of nitrogen functional groups attached to an aromatic ring is 1. The van der Waals surface area contributed by atoms with E-state index >= 15 is 0 Å². The monoisotopic (exact) mass is 264 g/mol. The molecule has 0 saturated heterocycles. The van der Waals surface area contributed by atoms with Crippen molar-refractivity contribution < 1.29 is 5.11 Å². The van der Waals surface area contributed by atoms with Crippen molar-refractivity contribution in [2.45, 2.75) is 12.8 Å². The maximum absolute atomic E-state index is 8.71. The summed E-state index contributed by atoms with van der Waals surface area (Å²) >= 11 is 0. The molecule has 0 unspecified atom stereocenters. The van der Waals surface area contributed by atoms with E-state index in [1.807, 2.05) is 0 Å². The van der Waals surface area contributed by atoms with E-state index in [0.29, 0.717) is 18.4 Å². The molecular weight excluding hydrogens is 248 g/mol. The summed E-state index contributed by atoms with van der Waals surface area (Å²) in [6.07, 6.45) is 6.51. The zero-order chi connectivity index (χ0) is 13.5. The molecule has 0 fully saturated rings. The lowest BCUT2D eigenvalue weighted by Crippen LogP contribution is -2.16. The Morgan fingerprint density at radius 2 is 2.05 bits per heavy atom. The van der Waals surface area contributed by atoms with Gasteiger partial charge in [0.15, 0.2) is 0 Å². The van der Waals surface area contributed by atoms with Crippen LogP contribution in [0.25, 0.3) is 5.95 Å². The molecule has 2 rings (SSSR count). The first kappa shape index (κ1) is 13.2. The standard InChI is InChI=1S/C10H16N8O/c11-17-9-14-8(13-3-1-2-6-19)15-10(16-9)18-5-4-12-7-18/h4-5,7,19H,1-3,6,11H2,(H2,13,14,15,16,17). The van der Waals surface area contributed by atoms with Crippen LogP contribution < -0.4 is 16.6 Å². The molecule has 9 nitrogen and oxygen atoms in total. The number of nitrogens with zero attached hydrogens (tertiary/aromatic N) is 5. The van der Waals surface area contributed by atoms with Gasteiger partial charge in [0.25, 0.3) is 0 Å². The third kappa shape index (κ3) is 3.60. The number of nitrogens with two attached hydrogens (primary N) is 1. The minimum absolute atomic E-state index is 0.175. The molecule has 0 aromatic carbocycles. The third-order valence-corrected chi connectivity index (χ3v) is 2.36. The molecule has 0 atom stereocenters. The lowest BCUT2D eigenvalue weighted by atomic mass is 10.3. The SMILES string of the molecule is NNc1nc(NCCCCO)nc(-n2ccnc2)n1. The number of anilines is 2. The van der Waals surface area contributed by atoms with Gasteiger partial charge in [-0.25, -0.2) is 10.8 Å². The normalized spacial score (nSPS) is 10.4. The highest BCUT2D eigenvalue weighted by atomic mass is 16.2. The number of rotatable bonds is 7. The first-order chi connectivity index (χ1) is 9.33. The van der Waals surface area contributed by atoms with Crippen LogP contribution in [0.2, 0.25) is 0 Å². The predicted octanol–water partition coefficient (Wildman–Crippen LogP) is -0.473. The van der Waals surface area contributed by atoms with Gasteiger partial charge in [-0.2, -0.15) is 15.0 Å². The second-order valence-corrected chi connectivity index (χ2v) is 3.75. The molecular formula is C10H16N8O. The average Bonchev–Trinajstić information content (AvgIpc) is 2.97. The first-order valence-corrected chi connectivity index (χ1v) is 5.89. The molecule has 2 heterocycles. The average molecular weight is 264 g/mol. The summed E-state index contributed by atoms with van der Waals surface area (Å²) < 4.78 is 1.65. The second-order valence-electron chi connectivity index (χ2n) is 3.75. The maximum atomic E-state index is 8.71. The van der Waals surface area contributed by atoms with Crippen molar-refractivity contribution in [3.05, 3.63) is 18.7 Å². The zero-order valence-electron chi connectivity index (χ0n) is 10.3. The summed E-state index contributed by atoms with van der Waals surface area (Å²) in [5, 5.41) is 11.8. The van der Waals surface area contributed by atoms with Crippen LogP contribution in [-0.2, 0) is 0 Å². The zero-order valence-corrected chi connectivity index (χ0v) is 10.3. The summed E-state index contributed by atoms with van der Waals surface area (Å²) in [5.74, 6) is 6.44. The van der Waals surface area contributed by atoms with E-state index in [2.05, 4.69) is 30.7 Å². The molecule has 19 heavy (non-hydrogen) atoms. The van der Waals surface area contributed by atoms with Crippen LogP contribution in [-0.4, -0.2) is 42.8 Å². The summed E-state index contributed by atoms with van der Waals surface area (Å²) in [7, 11) is 0. The van der Waals surface area contributed by atoms with Gasteiger partial charge >= 0.3 is 0 Å². The van der Waals surface area contributed by atoms with Gasteiger partial charge in [0.05, 0.1) is 0 Å². The number of aliphatic hydroxyl groups excluding tert-OH is 1. The van der Waals surface area contributed by atoms with Crippen molar-refractivity contribution in [3.63, 3.8) is 0 Å². The van der Waals surface area contributed by atoms with Crippen LogP contribution in [0.4, 0.5) is 11.9 Å². The molecule has 0 amide bonds. The molecule has 102 valence electrons. The fourth-order valence-corrected chi connectivity index (χ4v) is 1.44. The fourth-order valence-electron chi connectivity index (χ4n) is 1.44. The van der Waals surface area contributed by atoms with Crippen molar-refractivity contribution in [2.24, 2.45) is 5.84 Å². The summed E-state index contributed by atoms with van der Waals surface area (Å²) in [6, 6.07) is 0. The number of hydrazine groups is 1. The fraction of sp³-hybridized carbons (Fsp3) is 0.400. The second kappa shape index (κ2) is 6.61. The number of unbranched alkanes of at least 4 members (excludes halogenated alkanes) is 1. The van der Waals surface area contributed by atoms with Crippen LogP contribution in [0.1, 0.15) is 12.8 Å². The quantitative estimate of drug-likeness (QED) is 0.300. The van der Waals surface area contributed by atoms with Crippen molar-refractivity contribution in [1.82, 2.24) is 24.5 Å². The first-order valence-electron chi connectivity index (χ1n) is 5.89. The van der Waals surface area contributed by atoms with Gasteiger partial charge < -0.3 is 10.4 Å². The van der Waals surface area contributed by atoms with Crippen LogP contribution in [0.15, 0.2) is 18.7 Å². The van der Waals surface area contributed by atoms with E-state index in [1.54, 1.807) is 23.3 Å².